The summed E-state index contributed by atoms with van der Waals surface area (Å²) in [5.74, 6) is 0.520. The highest BCUT2D eigenvalue weighted by Crippen LogP contribution is 2.23. The SMILES string of the molecule is Cc1cc(C)cc(OCCC(=O)Nc2cccc(S(=O)(=O)N3CCCCC3)c2)c1. The summed E-state index contributed by atoms with van der Waals surface area (Å²) in [5, 5.41) is 2.76. The first-order valence-electron chi connectivity index (χ1n) is 9.96. The van der Waals surface area contributed by atoms with E-state index < -0.39 is 10.0 Å². The van der Waals surface area contributed by atoms with E-state index in [4.69, 9.17) is 4.74 Å². The molecular formula is C22H28N2O4S. The van der Waals surface area contributed by atoms with Crippen LogP contribution in [0.4, 0.5) is 5.69 Å². The number of benzene rings is 2. The Kier molecular flexibility index (Phi) is 6.92. The van der Waals surface area contributed by atoms with Crippen molar-refractivity contribution >= 4 is 21.6 Å². The molecule has 2 aromatic rings. The Morgan fingerprint density at radius 3 is 2.41 bits per heavy atom. The minimum atomic E-state index is -3.52. The van der Waals surface area contributed by atoms with Crippen molar-refractivity contribution in [1.29, 1.82) is 0 Å². The van der Waals surface area contributed by atoms with Gasteiger partial charge in [0.25, 0.3) is 0 Å². The lowest BCUT2D eigenvalue weighted by Crippen LogP contribution is -2.35. The highest BCUT2D eigenvalue weighted by Gasteiger charge is 2.26. The summed E-state index contributed by atoms with van der Waals surface area (Å²) < 4.78 is 32.8. The second kappa shape index (κ2) is 9.41. The number of ether oxygens (including phenoxy) is 1. The standard InChI is InChI=1S/C22H28N2O4S/c1-17-13-18(2)15-20(14-17)28-12-9-22(25)23-19-7-6-8-21(16-19)29(26,27)24-10-4-3-5-11-24/h6-8,13-16H,3-5,9-12H2,1-2H3,(H,23,25). The average molecular weight is 417 g/mol. The number of carbonyl (C=O) groups excluding carboxylic acids is 1. The lowest BCUT2D eigenvalue weighted by Gasteiger charge is -2.26. The maximum absolute atomic E-state index is 12.8. The Morgan fingerprint density at radius 2 is 1.72 bits per heavy atom. The fourth-order valence-corrected chi connectivity index (χ4v) is 5.05. The van der Waals surface area contributed by atoms with Gasteiger partial charge in [-0.15, -0.1) is 0 Å². The summed E-state index contributed by atoms with van der Waals surface area (Å²) in [6, 6.07) is 12.4. The fraction of sp³-hybridized carbons (Fsp3) is 0.409. The molecule has 29 heavy (non-hydrogen) atoms. The molecule has 7 heteroatoms. The number of nitrogens with zero attached hydrogens (tertiary/aromatic N) is 1. The largest absolute Gasteiger partial charge is 0.493 e. The van der Waals surface area contributed by atoms with Crippen molar-refractivity contribution in [3.63, 3.8) is 0 Å². The molecule has 0 spiro atoms. The third kappa shape index (κ3) is 5.81. The number of hydrogen-bond acceptors (Lipinski definition) is 4. The smallest absolute Gasteiger partial charge is 0.243 e. The van der Waals surface area contributed by atoms with Gasteiger partial charge in [0.2, 0.25) is 15.9 Å². The number of sulfonamides is 1. The molecular weight excluding hydrogens is 388 g/mol. The summed E-state index contributed by atoms with van der Waals surface area (Å²) in [7, 11) is -3.52. The summed E-state index contributed by atoms with van der Waals surface area (Å²) in [6.45, 7) is 5.35. The van der Waals surface area contributed by atoms with Crippen molar-refractivity contribution in [2.45, 2.75) is 44.4 Å². The summed E-state index contributed by atoms with van der Waals surface area (Å²) in [6.07, 6.45) is 3.01. The van der Waals surface area contributed by atoms with Crippen LogP contribution in [-0.4, -0.2) is 38.3 Å². The molecule has 1 saturated heterocycles. The van der Waals surface area contributed by atoms with E-state index in [0.717, 1.165) is 36.1 Å². The van der Waals surface area contributed by atoms with Gasteiger partial charge in [0.1, 0.15) is 5.75 Å². The zero-order valence-electron chi connectivity index (χ0n) is 17.0. The van der Waals surface area contributed by atoms with E-state index in [1.807, 2.05) is 26.0 Å². The predicted molar refractivity (Wildman–Crippen MR) is 114 cm³/mol. The maximum Gasteiger partial charge on any atom is 0.243 e. The van der Waals surface area contributed by atoms with Crippen LogP contribution >= 0.6 is 0 Å². The molecule has 0 unspecified atom stereocenters. The molecule has 1 N–H and O–H groups in total. The minimum absolute atomic E-state index is 0.177. The highest BCUT2D eigenvalue weighted by atomic mass is 32.2. The van der Waals surface area contributed by atoms with E-state index in [1.54, 1.807) is 18.2 Å². The Bertz CT molecular complexity index is 946. The van der Waals surface area contributed by atoms with Gasteiger partial charge in [0.15, 0.2) is 0 Å². The van der Waals surface area contributed by atoms with Crippen LogP contribution in [0.3, 0.4) is 0 Å². The number of piperidine rings is 1. The molecule has 0 atom stereocenters. The average Bonchev–Trinajstić information content (AvgIpc) is 2.68. The van der Waals surface area contributed by atoms with Gasteiger partial charge in [-0.25, -0.2) is 8.42 Å². The molecule has 3 rings (SSSR count). The predicted octanol–water partition coefficient (Wildman–Crippen LogP) is 3.89. The molecule has 0 radical (unpaired) electrons. The van der Waals surface area contributed by atoms with Crippen molar-refractivity contribution in [2.75, 3.05) is 25.0 Å². The van der Waals surface area contributed by atoms with Crippen LogP contribution in [0, 0.1) is 13.8 Å². The fourth-order valence-electron chi connectivity index (χ4n) is 3.49. The maximum atomic E-state index is 12.8. The van der Waals surface area contributed by atoms with Crippen molar-refractivity contribution < 1.29 is 17.9 Å². The van der Waals surface area contributed by atoms with E-state index in [1.165, 1.54) is 10.4 Å². The van der Waals surface area contributed by atoms with Crippen molar-refractivity contribution in [2.24, 2.45) is 0 Å². The Morgan fingerprint density at radius 1 is 1.03 bits per heavy atom. The number of nitrogens with one attached hydrogen (secondary N) is 1. The number of carbonyl (C=O) groups is 1. The first-order valence-corrected chi connectivity index (χ1v) is 11.4. The van der Waals surface area contributed by atoms with Crippen molar-refractivity contribution in [1.82, 2.24) is 4.31 Å². The second-order valence-corrected chi connectivity index (χ2v) is 9.40. The highest BCUT2D eigenvalue weighted by molar-refractivity contribution is 7.89. The summed E-state index contributed by atoms with van der Waals surface area (Å²) in [5.41, 5.74) is 2.69. The third-order valence-corrected chi connectivity index (χ3v) is 6.76. The molecule has 6 nitrogen and oxygen atoms in total. The van der Waals surface area contributed by atoms with E-state index in [9.17, 15) is 13.2 Å². The topological polar surface area (TPSA) is 75.7 Å². The first-order chi connectivity index (χ1) is 13.8. The lowest BCUT2D eigenvalue weighted by molar-refractivity contribution is -0.116. The van der Waals surface area contributed by atoms with Crippen LogP contribution in [0.5, 0.6) is 5.75 Å². The monoisotopic (exact) mass is 416 g/mol. The number of rotatable bonds is 7. The third-order valence-electron chi connectivity index (χ3n) is 4.86. The molecule has 156 valence electrons. The quantitative estimate of drug-likeness (QED) is 0.743. The first kappa shape index (κ1) is 21.3. The summed E-state index contributed by atoms with van der Waals surface area (Å²) in [4.78, 5) is 12.5. The van der Waals surface area contributed by atoms with Gasteiger partial charge in [-0.05, 0) is 68.1 Å². The van der Waals surface area contributed by atoms with Gasteiger partial charge in [-0.2, -0.15) is 4.31 Å². The summed E-state index contributed by atoms with van der Waals surface area (Å²) >= 11 is 0. The molecule has 1 heterocycles. The molecule has 0 aromatic heterocycles. The van der Waals surface area contributed by atoms with Crippen LogP contribution in [0.2, 0.25) is 0 Å². The second-order valence-electron chi connectivity index (χ2n) is 7.46. The molecule has 0 saturated carbocycles. The Balaban J connectivity index is 1.57. The molecule has 1 amide bonds. The normalized spacial score (nSPS) is 15.1. The van der Waals surface area contributed by atoms with Gasteiger partial charge in [0.05, 0.1) is 17.9 Å². The molecule has 1 aliphatic rings. The Hall–Kier alpha value is -2.38. The lowest BCUT2D eigenvalue weighted by atomic mass is 10.1. The van der Waals surface area contributed by atoms with Gasteiger partial charge in [0, 0.05) is 18.8 Å². The van der Waals surface area contributed by atoms with Crippen LogP contribution in [0.1, 0.15) is 36.8 Å². The number of anilines is 1. The van der Waals surface area contributed by atoms with Gasteiger partial charge < -0.3 is 10.1 Å². The van der Waals surface area contributed by atoms with E-state index in [2.05, 4.69) is 11.4 Å². The van der Waals surface area contributed by atoms with Crippen LogP contribution in [0.25, 0.3) is 0 Å². The van der Waals surface area contributed by atoms with Crippen molar-refractivity contribution in [3.8, 4) is 5.75 Å². The van der Waals surface area contributed by atoms with Crippen LogP contribution in [0.15, 0.2) is 47.4 Å². The van der Waals surface area contributed by atoms with E-state index in [-0.39, 0.29) is 23.8 Å². The van der Waals surface area contributed by atoms with E-state index >= 15 is 0 Å². The number of aryl methyl sites for hydroxylation is 2. The van der Waals surface area contributed by atoms with Crippen LogP contribution < -0.4 is 10.1 Å². The number of hydrogen-bond donors (Lipinski definition) is 1. The van der Waals surface area contributed by atoms with Gasteiger partial charge in [-0.3, -0.25) is 4.79 Å². The van der Waals surface area contributed by atoms with E-state index in [0.29, 0.717) is 18.8 Å². The van der Waals surface area contributed by atoms with Gasteiger partial charge >= 0.3 is 0 Å². The Labute approximate surface area is 172 Å². The zero-order valence-corrected chi connectivity index (χ0v) is 17.8. The molecule has 0 bridgehead atoms. The molecule has 0 aliphatic carbocycles. The van der Waals surface area contributed by atoms with Crippen molar-refractivity contribution in [3.05, 3.63) is 53.6 Å². The molecule has 1 fully saturated rings. The van der Waals surface area contributed by atoms with Crippen LogP contribution in [-0.2, 0) is 14.8 Å². The van der Waals surface area contributed by atoms with Gasteiger partial charge in [-0.1, -0.05) is 18.6 Å². The minimum Gasteiger partial charge on any atom is -0.493 e. The molecule has 1 aliphatic heterocycles. The number of amides is 1. The molecule has 2 aromatic carbocycles. The zero-order chi connectivity index (χ0) is 20.9.